The molecule has 0 saturated heterocycles. The molecule has 1 heterocycles. The molecule has 2 aromatic carbocycles. The second-order valence-corrected chi connectivity index (χ2v) is 4.58. The third-order valence-electron chi connectivity index (χ3n) is 3.32. The molecule has 3 heteroatoms. The molecule has 1 aliphatic heterocycles. The second kappa shape index (κ2) is 4.35. The van der Waals surface area contributed by atoms with Gasteiger partial charge in [-0.1, -0.05) is 30.3 Å². The third kappa shape index (κ3) is 1.93. The molecule has 2 atom stereocenters. The lowest BCUT2D eigenvalue weighted by atomic mass is 9.94. The van der Waals surface area contributed by atoms with Crippen LogP contribution in [0.4, 0.5) is 0 Å². The van der Waals surface area contributed by atoms with E-state index in [1.54, 1.807) is 12.1 Å². The summed E-state index contributed by atoms with van der Waals surface area (Å²) in [6, 6.07) is 15.0. The van der Waals surface area contributed by atoms with Crippen molar-refractivity contribution in [3.63, 3.8) is 0 Å². The highest BCUT2D eigenvalue weighted by molar-refractivity contribution is 5.39. The van der Waals surface area contributed by atoms with E-state index in [1.807, 2.05) is 36.4 Å². The summed E-state index contributed by atoms with van der Waals surface area (Å²) >= 11 is 0. The van der Waals surface area contributed by atoms with Gasteiger partial charge in [-0.25, -0.2) is 0 Å². The number of fused-ring (bicyclic) bond motifs is 1. The van der Waals surface area contributed by atoms with Crippen LogP contribution in [0, 0.1) is 0 Å². The summed E-state index contributed by atoms with van der Waals surface area (Å²) < 4.78 is 5.97. The number of rotatable bonds is 1. The van der Waals surface area contributed by atoms with Crippen LogP contribution in [0.15, 0.2) is 48.5 Å². The Labute approximate surface area is 106 Å². The maximum absolute atomic E-state index is 9.30. The van der Waals surface area contributed by atoms with Gasteiger partial charge in [-0.05, 0) is 23.8 Å². The highest BCUT2D eigenvalue weighted by atomic mass is 16.5. The summed E-state index contributed by atoms with van der Waals surface area (Å²) in [5, 5.41) is 9.30. The molecule has 0 bridgehead atoms. The van der Waals surface area contributed by atoms with E-state index in [2.05, 4.69) is 0 Å². The van der Waals surface area contributed by atoms with E-state index in [9.17, 15) is 5.11 Å². The van der Waals surface area contributed by atoms with E-state index in [0.717, 1.165) is 23.3 Å². The minimum atomic E-state index is -0.0458. The number of phenolic OH excluding ortho intramolecular Hbond substituents is 1. The SMILES string of the molecule is N[C@H]1CC(c2ccc(O)cc2)Oc2ccccc21. The van der Waals surface area contributed by atoms with Gasteiger partial charge >= 0.3 is 0 Å². The molecule has 1 aliphatic rings. The summed E-state index contributed by atoms with van der Waals surface area (Å²) in [4.78, 5) is 0. The monoisotopic (exact) mass is 241 g/mol. The number of nitrogens with two attached hydrogens (primary N) is 1. The van der Waals surface area contributed by atoms with Gasteiger partial charge in [0.2, 0.25) is 0 Å². The molecule has 0 spiro atoms. The van der Waals surface area contributed by atoms with Crippen molar-refractivity contribution in [1.29, 1.82) is 0 Å². The Balaban J connectivity index is 1.92. The van der Waals surface area contributed by atoms with Crippen LogP contribution in [0.25, 0.3) is 0 Å². The molecule has 2 aromatic rings. The first-order valence-electron chi connectivity index (χ1n) is 6.04. The third-order valence-corrected chi connectivity index (χ3v) is 3.32. The van der Waals surface area contributed by atoms with Crippen molar-refractivity contribution in [1.82, 2.24) is 0 Å². The van der Waals surface area contributed by atoms with Gasteiger partial charge < -0.3 is 15.6 Å². The smallest absolute Gasteiger partial charge is 0.126 e. The molecule has 0 saturated carbocycles. The number of phenols is 1. The first-order chi connectivity index (χ1) is 8.74. The van der Waals surface area contributed by atoms with Crippen LogP contribution in [0.1, 0.15) is 29.7 Å². The highest BCUT2D eigenvalue weighted by Gasteiger charge is 2.26. The van der Waals surface area contributed by atoms with Crippen molar-refractivity contribution in [2.24, 2.45) is 5.73 Å². The van der Waals surface area contributed by atoms with Crippen LogP contribution >= 0.6 is 0 Å². The molecular weight excluding hydrogens is 226 g/mol. The minimum absolute atomic E-state index is 0.00578. The van der Waals surface area contributed by atoms with Gasteiger partial charge in [0.05, 0.1) is 0 Å². The Morgan fingerprint density at radius 1 is 1.06 bits per heavy atom. The van der Waals surface area contributed by atoms with Crippen molar-refractivity contribution in [3.05, 3.63) is 59.7 Å². The summed E-state index contributed by atoms with van der Waals surface area (Å²) in [7, 11) is 0. The van der Waals surface area contributed by atoms with E-state index in [4.69, 9.17) is 10.5 Å². The Hall–Kier alpha value is -2.00. The van der Waals surface area contributed by atoms with Gasteiger partial charge in [-0.3, -0.25) is 0 Å². The number of aromatic hydroxyl groups is 1. The fourth-order valence-corrected chi connectivity index (χ4v) is 2.35. The molecule has 0 aromatic heterocycles. The molecule has 0 radical (unpaired) electrons. The van der Waals surface area contributed by atoms with Crippen molar-refractivity contribution >= 4 is 0 Å². The standard InChI is InChI=1S/C15H15NO2/c16-13-9-15(10-5-7-11(17)8-6-10)18-14-4-2-1-3-12(13)14/h1-8,13,15,17H,9,16H2/t13-,15?/m0/s1. The van der Waals surface area contributed by atoms with Crippen LogP contribution in [0.2, 0.25) is 0 Å². The quantitative estimate of drug-likeness (QED) is 0.807. The van der Waals surface area contributed by atoms with Gasteiger partial charge in [0, 0.05) is 18.0 Å². The predicted octanol–water partition coefficient (Wildman–Crippen LogP) is 2.92. The average molecular weight is 241 g/mol. The van der Waals surface area contributed by atoms with Crippen LogP contribution < -0.4 is 10.5 Å². The Morgan fingerprint density at radius 2 is 1.78 bits per heavy atom. The lowest BCUT2D eigenvalue weighted by molar-refractivity contribution is 0.161. The summed E-state index contributed by atoms with van der Waals surface area (Å²) in [6.45, 7) is 0. The highest BCUT2D eigenvalue weighted by Crippen LogP contribution is 2.39. The minimum Gasteiger partial charge on any atom is -0.508 e. The topological polar surface area (TPSA) is 55.5 Å². The van der Waals surface area contributed by atoms with Crippen molar-refractivity contribution < 1.29 is 9.84 Å². The van der Waals surface area contributed by atoms with Crippen molar-refractivity contribution in [2.75, 3.05) is 0 Å². The molecule has 3 N–H and O–H groups in total. The molecule has 0 amide bonds. The van der Waals surface area contributed by atoms with Gasteiger partial charge in [0.1, 0.15) is 17.6 Å². The molecule has 92 valence electrons. The normalized spacial score (nSPS) is 22.1. The van der Waals surface area contributed by atoms with E-state index in [0.29, 0.717) is 0 Å². The lowest BCUT2D eigenvalue weighted by Gasteiger charge is -2.30. The molecule has 0 fully saturated rings. The van der Waals surface area contributed by atoms with E-state index in [-0.39, 0.29) is 17.9 Å². The maximum atomic E-state index is 9.30. The molecular formula is C15H15NO2. The summed E-state index contributed by atoms with van der Waals surface area (Å²) in [6.07, 6.45) is 0.706. The fourth-order valence-electron chi connectivity index (χ4n) is 2.35. The van der Waals surface area contributed by atoms with E-state index < -0.39 is 0 Å². The van der Waals surface area contributed by atoms with Gasteiger partial charge in [0.15, 0.2) is 0 Å². The van der Waals surface area contributed by atoms with Crippen LogP contribution in [0.3, 0.4) is 0 Å². The van der Waals surface area contributed by atoms with Crippen molar-refractivity contribution in [3.8, 4) is 11.5 Å². The largest absolute Gasteiger partial charge is 0.508 e. The molecule has 18 heavy (non-hydrogen) atoms. The molecule has 3 rings (SSSR count). The fraction of sp³-hybridized carbons (Fsp3) is 0.200. The number of benzene rings is 2. The zero-order valence-corrected chi connectivity index (χ0v) is 9.91. The number of para-hydroxylation sites is 1. The summed E-state index contributed by atoms with van der Waals surface area (Å²) in [5.74, 6) is 1.12. The van der Waals surface area contributed by atoms with Crippen LogP contribution in [-0.4, -0.2) is 5.11 Å². The van der Waals surface area contributed by atoms with E-state index >= 15 is 0 Å². The Bertz CT molecular complexity index is 551. The zero-order valence-electron chi connectivity index (χ0n) is 9.91. The maximum Gasteiger partial charge on any atom is 0.126 e. The molecule has 0 aliphatic carbocycles. The Kier molecular flexibility index (Phi) is 2.68. The number of hydrogen-bond donors (Lipinski definition) is 2. The average Bonchev–Trinajstić information content (AvgIpc) is 2.39. The van der Waals surface area contributed by atoms with Gasteiger partial charge in [-0.2, -0.15) is 0 Å². The Morgan fingerprint density at radius 3 is 2.56 bits per heavy atom. The number of hydrogen-bond acceptors (Lipinski definition) is 3. The van der Waals surface area contributed by atoms with Crippen molar-refractivity contribution in [2.45, 2.75) is 18.6 Å². The predicted molar refractivity (Wildman–Crippen MR) is 69.5 cm³/mol. The van der Waals surface area contributed by atoms with Crippen LogP contribution in [-0.2, 0) is 0 Å². The zero-order chi connectivity index (χ0) is 12.5. The lowest BCUT2D eigenvalue weighted by Crippen LogP contribution is -2.23. The summed E-state index contributed by atoms with van der Waals surface area (Å²) in [5.41, 5.74) is 8.28. The van der Waals surface area contributed by atoms with Crippen LogP contribution in [0.5, 0.6) is 11.5 Å². The number of ether oxygens (including phenoxy) is 1. The first kappa shape index (κ1) is 11.1. The second-order valence-electron chi connectivity index (χ2n) is 4.58. The van der Waals surface area contributed by atoms with E-state index in [1.165, 1.54) is 0 Å². The molecule has 3 nitrogen and oxygen atoms in total. The molecule has 1 unspecified atom stereocenters. The first-order valence-corrected chi connectivity index (χ1v) is 6.04. The van der Waals surface area contributed by atoms with Gasteiger partial charge in [0.25, 0.3) is 0 Å². The van der Waals surface area contributed by atoms with Gasteiger partial charge in [-0.15, -0.1) is 0 Å².